The first-order valence-electron chi connectivity index (χ1n) is 7.00. The fourth-order valence-electron chi connectivity index (χ4n) is 3.17. The van der Waals surface area contributed by atoms with E-state index in [4.69, 9.17) is 11.6 Å². The second kappa shape index (κ2) is 5.04. The Bertz CT molecular complexity index is 475. The van der Waals surface area contributed by atoms with Gasteiger partial charge >= 0.3 is 0 Å². The molecule has 0 spiro atoms. The Labute approximate surface area is 118 Å². The quantitative estimate of drug-likeness (QED) is 0.917. The highest BCUT2D eigenvalue weighted by atomic mass is 35.5. The number of nitrogens with one attached hydrogen (secondary N) is 1. The predicted octanol–water partition coefficient (Wildman–Crippen LogP) is 3.05. The van der Waals surface area contributed by atoms with Crippen LogP contribution in [-0.4, -0.2) is 30.1 Å². The molecule has 1 heterocycles. The van der Waals surface area contributed by atoms with Gasteiger partial charge in [-0.3, -0.25) is 4.90 Å². The molecule has 1 aliphatic heterocycles. The maximum Gasteiger partial charge on any atom is 0.142 e. The number of hydrogen-bond donors (Lipinski definition) is 1. The van der Waals surface area contributed by atoms with Crippen LogP contribution in [0.5, 0.6) is 0 Å². The monoisotopic (exact) mass is 282 g/mol. The zero-order valence-electron chi connectivity index (χ0n) is 11.3. The summed E-state index contributed by atoms with van der Waals surface area (Å²) >= 11 is 6.08. The van der Waals surface area contributed by atoms with Gasteiger partial charge in [-0.15, -0.1) is 0 Å². The molecule has 2 fully saturated rings. The van der Waals surface area contributed by atoms with Gasteiger partial charge in [-0.1, -0.05) is 23.7 Å². The van der Waals surface area contributed by atoms with E-state index in [1.54, 1.807) is 6.07 Å². The number of benzene rings is 1. The van der Waals surface area contributed by atoms with E-state index in [9.17, 15) is 4.39 Å². The zero-order valence-corrected chi connectivity index (χ0v) is 12.0. The molecule has 1 N–H and O–H groups in total. The molecule has 104 valence electrons. The predicted molar refractivity (Wildman–Crippen MR) is 75.8 cm³/mol. The molecule has 19 heavy (non-hydrogen) atoms. The lowest BCUT2D eigenvalue weighted by Crippen LogP contribution is -2.60. The number of halogens is 2. The lowest BCUT2D eigenvalue weighted by molar-refractivity contribution is 0.0484. The van der Waals surface area contributed by atoms with E-state index in [0.29, 0.717) is 0 Å². The Morgan fingerprint density at radius 3 is 3.00 bits per heavy atom. The van der Waals surface area contributed by atoms with E-state index < -0.39 is 0 Å². The average Bonchev–Trinajstić information content (AvgIpc) is 3.22. The van der Waals surface area contributed by atoms with Gasteiger partial charge in [0, 0.05) is 31.7 Å². The van der Waals surface area contributed by atoms with Crippen molar-refractivity contribution in [2.75, 3.05) is 19.6 Å². The van der Waals surface area contributed by atoms with Gasteiger partial charge < -0.3 is 5.32 Å². The van der Waals surface area contributed by atoms with Crippen molar-refractivity contribution in [3.05, 3.63) is 34.6 Å². The molecular weight excluding hydrogens is 263 g/mol. The van der Waals surface area contributed by atoms with E-state index in [-0.39, 0.29) is 16.4 Å². The molecule has 0 amide bonds. The van der Waals surface area contributed by atoms with Gasteiger partial charge in [-0.2, -0.15) is 0 Å². The third kappa shape index (κ3) is 2.51. The van der Waals surface area contributed by atoms with Crippen molar-refractivity contribution in [2.45, 2.75) is 31.8 Å². The van der Waals surface area contributed by atoms with E-state index in [1.807, 2.05) is 6.07 Å². The summed E-state index contributed by atoms with van der Waals surface area (Å²) in [5.41, 5.74) is 1.09. The van der Waals surface area contributed by atoms with E-state index in [1.165, 1.54) is 18.9 Å². The summed E-state index contributed by atoms with van der Waals surface area (Å²) in [7, 11) is 0. The van der Waals surface area contributed by atoms with Crippen molar-refractivity contribution in [3.8, 4) is 0 Å². The van der Waals surface area contributed by atoms with Gasteiger partial charge in [-0.05, 0) is 37.3 Å². The van der Waals surface area contributed by atoms with Crippen molar-refractivity contribution in [2.24, 2.45) is 5.92 Å². The van der Waals surface area contributed by atoms with Gasteiger partial charge in [0.15, 0.2) is 0 Å². The van der Waals surface area contributed by atoms with E-state index >= 15 is 0 Å². The Hall–Kier alpha value is -0.640. The largest absolute Gasteiger partial charge is 0.314 e. The van der Waals surface area contributed by atoms with Gasteiger partial charge in [-0.25, -0.2) is 4.39 Å². The molecule has 2 aliphatic rings. The van der Waals surface area contributed by atoms with Crippen LogP contribution in [-0.2, 0) is 6.54 Å². The second-order valence-corrected chi connectivity index (χ2v) is 6.32. The summed E-state index contributed by atoms with van der Waals surface area (Å²) in [5.74, 6) is 0.454. The second-order valence-electron chi connectivity index (χ2n) is 5.94. The third-order valence-corrected chi connectivity index (χ3v) is 5.04. The van der Waals surface area contributed by atoms with Crippen molar-refractivity contribution in [1.82, 2.24) is 10.2 Å². The van der Waals surface area contributed by atoms with Crippen LogP contribution in [0.25, 0.3) is 0 Å². The molecule has 0 radical (unpaired) electrons. The van der Waals surface area contributed by atoms with Crippen LogP contribution in [0.4, 0.5) is 4.39 Å². The van der Waals surface area contributed by atoms with E-state index in [0.717, 1.165) is 37.7 Å². The van der Waals surface area contributed by atoms with Gasteiger partial charge in [0.25, 0.3) is 0 Å². The average molecular weight is 283 g/mol. The highest BCUT2D eigenvalue weighted by Crippen LogP contribution is 2.44. The highest BCUT2D eigenvalue weighted by molar-refractivity contribution is 6.31. The topological polar surface area (TPSA) is 15.3 Å². The molecule has 3 rings (SSSR count). The number of piperazine rings is 1. The summed E-state index contributed by atoms with van der Waals surface area (Å²) in [4.78, 5) is 2.47. The Kier molecular flexibility index (Phi) is 3.54. The fourth-order valence-corrected chi connectivity index (χ4v) is 3.35. The standard InChI is InChI=1S/C15H20ClFN2/c1-15(12-5-6-12)10-18-7-8-19(15)9-11-3-2-4-13(17)14(11)16/h2-4,12,18H,5-10H2,1H3. The summed E-state index contributed by atoms with van der Waals surface area (Å²) in [6.07, 6.45) is 2.62. The zero-order chi connectivity index (χ0) is 13.5. The fraction of sp³-hybridized carbons (Fsp3) is 0.600. The molecule has 2 nitrogen and oxygen atoms in total. The first kappa shape index (κ1) is 13.3. The van der Waals surface area contributed by atoms with Crippen molar-refractivity contribution >= 4 is 11.6 Å². The van der Waals surface area contributed by atoms with Crippen LogP contribution in [0, 0.1) is 11.7 Å². The smallest absolute Gasteiger partial charge is 0.142 e. The molecule has 1 saturated carbocycles. The number of hydrogen-bond acceptors (Lipinski definition) is 2. The summed E-state index contributed by atoms with van der Waals surface area (Å²) in [6, 6.07) is 5.09. The first-order chi connectivity index (χ1) is 9.11. The minimum atomic E-state index is -0.317. The van der Waals surface area contributed by atoms with Crippen molar-refractivity contribution in [1.29, 1.82) is 0 Å². The van der Waals surface area contributed by atoms with Crippen LogP contribution in [0.2, 0.25) is 5.02 Å². The van der Waals surface area contributed by atoms with Crippen LogP contribution in [0.3, 0.4) is 0 Å². The first-order valence-corrected chi connectivity index (χ1v) is 7.38. The summed E-state index contributed by atoms with van der Waals surface area (Å²) < 4.78 is 13.5. The number of rotatable bonds is 3. The van der Waals surface area contributed by atoms with Gasteiger partial charge in [0.1, 0.15) is 5.82 Å². The van der Waals surface area contributed by atoms with Crippen LogP contribution >= 0.6 is 11.6 Å². The Balaban J connectivity index is 1.82. The molecule has 0 bridgehead atoms. The third-order valence-electron chi connectivity index (χ3n) is 4.61. The molecule has 1 unspecified atom stereocenters. The maximum absolute atomic E-state index is 13.5. The lowest BCUT2D eigenvalue weighted by atomic mass is 9.90. The Morgan fingerprint density at radius 2 is 2.26 bits per heavy atom. The summed E-state index contributed by atoms with van der Waals surface area (Å²) in [6.45, 7) is 6.08. The minimum Gasteiger partial charge on any atom is -0.314 e. The molecule has 0 aromatic heterocycles. The van der Waals surface area contributed by atoms with Crippen LogP contribution in [0.1, 0.15) is 25.3 Å². The van der Waals surface area contributed by atoms with Crippen molar-refractivity contribution in [3.63, 3.8) is 0 Å². The maximum atomic E-state index is 13.5. The highest BCUT2D eigenvalue weighted by Gasteiger charge is 2.46. The number of nitrogens with zero attached hydrogens (tertiary/aromatic N) is 1. The minimum absolute atomic E-state index is 0.188. The molecule has 4 heteroatoms. The lowest BCUT2D eigenvalue weighted by Gasteiger charge is -2.46. The van der Waals surface area contributed by atoms with Crippen LogP contribution < -0.4 is 5.32 Å². The molecule has 1 aromatic rings. The molecule has 1 aliphatic carbocycles. The Morgan fingerprint density at radius 1 is 1.47 bits per heavy atom. The van der Waals surface area contributed by atoms with Gasteiger partial charge in [0.2, 0.25) is 0 Å². The normalized spacial score (nSPS) is 28.6. The van der Waals surface area contributed by atoms with E-state index in [2.05, 4.69) is 17.1 Å². The van der Waals surface area contributed by atoms with Crippen LogP contribution in [0.15, 0.2) is 18.2 Å². The molecule has 1 saturated heterocycles. The summed E-state index contributed by atoms with van der Waals surface area (Å²) in [5, 5.41) is 3.77. The SMILES string of the molecule is CC1(C2CC2)CNCCN1Cc1cccc(F)c1Cl. The molecule has 1 aromatic carbocycles. The molecular formula is C15H20ClFN2. The van der Waals surface area contributed by atoms with Gasteiger partial charge in [0.05, 0.1) is 5.02 Å². The van der Waals surface area contributed by atoms with Crippen molar-refractivity contribution < 1.29 is 4.39 Å². The molecule has 1 atom stereocenters.